The lowest BCUT2D eigenvalue weighted by molar-refractivity contribution is -0.137. The van der Waals surface area contributed by atoms with Gasteiger partial charge in [-0.25, -0.2) is 5.43 Å². The second-order valence-electron chi connectivity index (χ2n) is 5.68. The molecule has 0 aliphatic heterocycles. The number of alkyl halides is 3. The number of nitrogens with zero attached hydrogens (tertiary/aromatic N) is 1. The predicted molar refractivity (Wildman–Crippen MR) is 96.8 cm³/mol. The molecule has 0 saturated heterocycles. The standard InChI is InChI=1S/C20H15F3N2O3/c21-20(22,23)15-6-4-5-14(11-15)18-10-9-17(28-18)12-24-25-19(26)13-27-16-7-2-1-3-8-16/h1-12H,13H2,(H,25,26)/b24-12+. The van der Waals surface area contributed by atoms with Crippen LogP contribution in [-0.4, -0.2) is 18.7 Å². The smallest absolute Gasteiger partial charge is 0.416 e. The molecule has 2 aromatic carbocycles. The minimum atomic E-state index is -4.43. The van der Waals surface area contributed by atoms with Crippen molar-refractivity contribution < 1.29 is 27.1 Å². The van der Waals surface area contributed by atoms with E-state index >= 15 is 0 Å². The highest BCUT2D eigenvalue weighted by atomic mass is 19.4. The van der Waals surface area contributed by atoms with Gasteiger partial charge in [0, 0.05) is 5.56 Å². The first-order valence-corrected chi connectivity index (χ1v) is 8.19. The minimum absolute atomic E-state index is 0.213. The number of amides is 1. The van der Waals surface area contributed by atoms with Crippen LogP contribution in [0.25, 0.3) is 11.3 Å². The van der Waals surface area contributed by atoms with E-state index in [2.05, 4.69) is 10.5 Å². The van der Waals surface area contributed by atoms with Gasteiger partial charge in [-0.1, -0.05) is 30.3 Å². The summed E-state index contributed by atoms with van der Waals surface area (Å²) in [6, 6.07) is 16.7. The van der Waals surface area contributed by atoms with Crippen LogP contribution in [0.5, 0.6) is 5.75 Å². The number of benzene rings is 2. The average Bonchev–Trinajstić information content (AvgIpc) is 3.16. The molecular formula is C20H15F3N2O3. The van der Waals surface area contributed by atoms with Gasteiger partial charge in [-0.3, -0.25) is 4.79 Å². The second kappa shape index (κ2) is 8.43. The van der Waals surface area contributed by atoms with E-state index < -0.39 is 17.6 Å². The number of carbonyl (C=O) groups is 1. The monoisotopic (exact) mass is 388 g/mol. The van der Waals surface area contributed by atoms with Crippen LogP contribution in [0, 0.1) is 0 Å². The summed E-state index contributed by atoms with van der Waals surface area (Å²) in [5.74, 6) is 0.617. The zero-order chi connectivity index (χ0) is 20.0. The van der Waals surface area contributed by atoms with Gasteiger partial charge in [0.25, 0.3) is 5.91 Å². The summed E-state index contributed by atoms with van der Waals surface area (Å²) in [6.07, 6.45) is -3.18. The van der Waals surface area contributed by atoms with Crippen LogP contribution in [0.3, 0.4) is 0 Å². The number of ether oxygens (including phenoxy) is 1. The minimum Gasteiger partial charge on any atom is -0.484 e. The summed E-state index contributed by atoms with van der Waals surface area (Å²) < 4.78 is 49.1. The predicted octanol–water partition coefficient (Wildman–Crippen LogP) is 4.49. The summed E-state index contributed by atoms with van der Waals surface area (Å²) in [4.78, 5) is 11.7. The Labute approximate surface area is 158 Å². The lowest BCUT2D eigenvalue weighted by atomic mass is 10.1. The number of hydrogen-bond acceptors (Lipinski definition) is 4. The third kappa shape index (κ3) is 5.23. The largest absolute Gasteiger partial charge is 0.484 e. The Morgan fingerprint density at radius 3 is 2.61 bits per heavy atom. The van der Waals surface area contributed by atoms with E-state index in [1.807, 2.05) is 6.07 Å². The number of furan rings is 1. The Balaban J connectivity index is 1.56. The highest BCUT2D eigenvalue weighted by molar-refractivity contribution is 5.81. The molecule has 0 aliphatic carbocycles. The van der Waals surface area contributed by atoms with Gasteiger partial charge in [0.2, 0.25) is 0 Å². The molecular weight excluding hydrogens is 373 g/mol. The number of rotatable bonds is 6. The van der Waals surface area contributed by atoms with Crippen LogP contribution in [0.1, 0.15) is 11.3 Å². The van der Waals surface area contributed by atoms with Crippen LogP contribution in [0.15, 0.2) is 76.2 Å². The first-order valence-electron chi connectivity index (χ1n) is 8.19. The summed E-state index contributed by atoms with van der Waals surface area (Å²) in [6.45, 7) is -0.213. The number of para-hydroxylation sites is 1. The van der Waals surface area contributed by atoms with Crippen LogP contribution < -0.4 is 10.2 Å². The van der Waals surface area contributed by atoms with Crippen molar-refractivity contribution in [3.8, 4) is 17.1 Å². The first-order chi connectivity index (χ1) is 13.4. The summed E-state index contributed by atoms with van der Waals surface area (Å²) in [5, 5.41) is 3.74. The molecule has 3 aromatic rings. The lowest BCUT2D eigenvalue weighted by Crippen LogP contribution is -2.24. The third-order valence-corrected chi connectivity index (χ3v) is 3.60. The van der Waals surface area contributed by atoms with Crippen molar-refractivity contribution >= 4 is 12.1 Å². The first kappa shape index (κ1) is 19.2. The number of carbonyl (C=O) groups excluding carboxylic acids is 1. The van der Waals surface area contributed by atoms with Gasteiger partial charge < -0.3 is 9.15 Å². The molecule has 0 spiro atoms. The Bertz CT molecular complexity index is 966. The van der Waals surface area contributed by atoms with E-state index in [1.165, 1.54) is 30.5 Å². The Hall–Kier alpha value is -3.55. The molecule has 5 nitrogen and oxygen atoms in total. The van der Waals surface area contributed by atoms with Crippen molar-refractivity contribution in [3.63, 3.8) is 0 Å². The fourth-order valence-electron chi connectivity index (χ4n) is 2.29. The Morgan fingerprint density at radius 2 is 1.86 bits per heavy atom. The molecule has 0 aliphatic rings. The van der Waals surface area contributed by atoms with Gasteiger partial charge in [0.05, 0.1) is 11.8 Å². The highest BCUT2D eigenvalue weighted by Gasteiger charge is 2.30. The molecule has 1 N–H and O–H groups in total. The van der Waals surface area contributed by atoms with Crippen LogP contribution in [-0.2, 0) is 11.0 Å². The molecule has 0 bridgehead atoms. The summed E-state index contributed by atoms with van der Waals surface area (Å²) >= 11 is 0. The lowest BCUT2D eigenvalue weighted by Gasteiger charge is -2.07. The molecule has 0 radical (unpaired) electrons. The number of halogens is 3. The van der Waals surface area contributed by atoms with Crippen molar-refractivity contribution in [1.82, 2.24) is 5.43 Å². The van der Waals surface area contributed by atoms with Gasteiger partial charge >= 0.3 is 6.18 Å². The topological polar surface area (TPSA) is 63.8 Å². The molecule has 0 unspecified atom stereocenters. The van der Waals surface area contributed by atoms with E-state index in [4.69, 9.17) is 9.15 Å². The highest BCUT2D eigenvalue weighted by Crippen LogP contribution is 2.32. The van der Waals surface area contributed by atoms with E-state index in [-0.39, 0.29) is 23.7 Å². The fraction of sp³-hybridized carbons (Fsp3) is 0.100. The van der Waals surface area contributed by atoms with Crippen molar-refractivity contribution in [1.29, 1.82) is 0 Å². The zero-order valence-corrected chi connectivity index (χ0v) is 14.4. The molecule has 1 heterocycles. The molecule has 1 aromatic heterocycles. The molecule has 144 valence electrons. The third-order valence-electron chi connectivity index (χ3n) is 3.60. The SMILES string of the molecule is O=C(COc1ccccc1)N/N=C/c1ccc(-c2cccc(C(F)(F)F)c2)o1. The van der Waals surface area contributed by atoms with Gasteiger partial charge in [0.15, 0.2) is 6.61 Å². The maximum absolute atomic E-state index is 12.8. The van der Waals surface area contributed by atoms with E-state index in [0.29, 0.717) is 5.75 Å². The van der Waals surface area contributed by atoms with Crippen LogP contribution >= 0.6 is 0 Å². The van der Waals surface area contributed by atoms with Gasteiger partial charge in [0.1, 0.15) is 17.3 Å². The van der Waals surface area contributed by atoms with Gasteiger partial charge in [-0.05, 0) is 36.4 Å². The molecule has 1 amide bonds. The van der Waals surface area contributed by atoms with E-state index in [1.54, 1.807) is 24.3 Å². The molecule has 0 atom stereocenters. The zero-order valence-electron chi connectivity index (χ0n) is 14.4. The van der Waals surface area contributed by atoms with Crippen LogP contribution in [0.4, 0.5) is 13.2 Å². The normalized spacial score (nSPS) is 11.5. The van der Waals surface area contributed by atoms with Crippen LogP contribution in [0.2, 0.25) is 0 Å². The Morgan fingerprint density at radius 1 is 1.07 bits per heavy atom. The maximum Gasteiger partial charge on any atom is 0.416 e. The summed E-state index contributed by atoms with van der Waals surface area (Å²) in [7, 11) is 0. The van der Waals surface area contributed by atoms with Crippen molar-refractivity contribution in [2.24, 2.45) is 5.10 Å². The number of nitrogens with one attached hydrogen (secondary N) is 1. The van der Waals surface area contributed by atoms with Crippen molar-refractivity contribution in [2.45, 2.75) is 6.18 Å². The molecule has 8 heteroatoms. The molecule has 3 rings (SSSR count). The number of hydrogen-bond donors (Lipinski definition) is 1. The van der Waals surface area contributed by atoms with E-state index in [9.17, 15) is 18.0 Å². The maximum atomic E-state index is 12.8. The van der Waals surface area contributed by atoms with Crippen molar-refractivity contribution in [2.75, 3.05) is 6.61 Å². The fourth-order valence-corrected chi connectivity index (χ4v) is 2.29. The summed E-state index contributed by atoms with van der Waals surface area (Å²) in [5.41, 5.74) is 1.80. The molecule has 28 heavy (non-hydrogen) atoms. The van der Waals surface area contributed by atoms with E-state index in [0.717, 1.165) is 12.1 Å². The number of hydrazone groups is 1. The van der Waals surface area contributed by atoms with Gasteiger partial charge in [-0.15, -0.1) is 0 Å². The van der Waals surface area contributed by atoms with Gasteiger partial charge in [-0.2, -0.15) is 18.3 Å². The van der Waals surface area contributed by atoms with Crippen molar-refractivity contribution in [3.05, 3.63) is 78.1 Å². The molecule has 0 saturated carbocycles. The molecule has 0 fully saturated rings. The Kier molecular flexibility index (Phi) is 5.78. The average molecular weight is 388 g/mol. The quantitative estimate of drug-likeness (QED) is 0.500. The second-order valence-corrected chi connectivity index (χ2v) is 5.68.